The second-order valence-electron chi connectivity index (χ2n) is 10.8. The third-order valence-electron chi connectivity index (χ3n) is 7.03. The minimum Gasteiger partial charge on any atom is -0.487 e. The summed E-state index contributed by atoms with van der Waals surface area (Å²) in [5.41, 5.74) is 0.327. The number of amides is 1. The molecule has 3 heterocycles. The lowest BCUT2D eigenvalue weighted by Gasteiger charge is -2.32. The molecule has 2 aliphatic rings. The third-order valence-corrected chi connectivity index (χ3v) is 8.68. The molecule has 1 aromatic heterocycles. The molecule has 0 atom stereocenters. The summed E-state index contributed by atoms with van der Waals surface area (Å²) in [5, 5.41) is 0. The van der Waals surface area contributed by atoms with Crippen LogP contribution in [0.5, 0.6) is 5.75 Å². The third kappa shape index (κ3) is 5.28. The van der Waals surface area contributed by atoms with Crippen molar-refractivity contribution >= 4 is 33.0 Å². The summed E-state index contributed by atoms with van der Waals surface area (Å²) in [7, 11) is -3.04. The van der Waals surface area contributed by atoms with Crippen molar-refractivity contribution in [2.45, 2.75) is 58.3 Å². The Labute approximate surface area is 209 Å². The second-order valence-corrected chi connectivity index (χ2v) is 13.1. The number of carbonyl (C=O) groups is 2. The first-order chi connectivity index (χ1) is 16.6. The lowest BCUT2D eigenvalue weighted by atomic mass is 9.78. The normalized spacial score (nSPS) is 20.2. The number of carbonyl (C=O) groups excluding carboxylic acids is 2. The van der Waals surface area contributed by atoms with Crippen molar-refractivity contribution in [3.05, 3.63) is 47.7 Å². The first-order valence-electron chi connectivity index (χ1n) is 11.8. The molecule has 0 radical (unpaired) electrons. The van der Waals surface area contributed by atoms with Crippen LogP contribution in [0, 0.1) is 5.41 Å². The number of nitrogens with zero attached hydrogens (tertiary/aromatic N) is 2. The molecule has 2 aliphatic heterocycles. The number of Topliss-reactive ketones (excluding diaryl/α,β-unsaturated/α-hetero) is 1. The largest absolute Gasteiger partial charge is 0.487 e. The predicted octanol–water partition coefficient (Wildman–Crippen LogP) is 4.86. The van der Waals surface area contributed by atoms with Crippen LogP contribution < -0.4 is 9.64 Å². The lowest BCUT2D eigenvalue weighted by Crippen LogP contribution is -2.33. The Morgan fingerprint density at radius 3 is 2.44 bits per heavy atom. The van der Waals surface area contributed by atoms with Gasteiger partial charge in [0.05, 0.1) is 22.6 Å². The Kier molecular flexibility index (Phi) is 6.47. The van der Waals surface area contributed by atoms with Gasteiger partial charge < -0.3 is 4.74 Å². The molecule has 0 spiro atoms. The van der Waals surface area contributed by atoms with Crippen molar-refractivity contribution in [2.24, 2.45) is 5.41 Å². The number of halogens is 2. The maximum atomic E-state index is 13.4. The molecule has 0 saturated carbocycles. The number of ketones is 1. The van der Waals surface area contributed by atoms with Crippen molar-refractivity contribution in [1.29, 1.82) is 0 Å². The van der Waals surface area contributed by atoms with Crippen molar-refractivity contribution in [3.63, 3.8) is 0 Å². The monoisotopic (exact) mass is 520 g/mol. The molecule has 10 heteroatoms. The number of sulfone groups is 1. The lowest BCUT2D eigenvalue weighted by molar-refractivity contribution is -0.121. The van der Waals surface area contributed by atoms with Gasteiger partial charge in [-0.3, -0.25) is 14.5 Å². The molecule has 1 aromatic carbocycles. The van der Waals surface area contributed by atoms with Gasteiger partial charge in [0, 0.05) is 31.2 Å². The standard InChI is InChI=1S/C26H30F2N2O5S/c1-24(2)19-13-17(21(31)15-25(3)8-11-36(33,34)12-9-25)5-6-20(19)30(23(24)32)22-14-18(7-10-29-22)35-16-26(4,27)28/h5-7,10,13-14H,8-9,11-12,15-16H2,1-4H3. The SMILES string of the molecule is CC(F)(F)COc1ccnc(N2C(=O)C(C)(C)c3cc(C(=O)CC4(C)CCS(=O)(=O)CC4)ccc32)c1. The highest BCUT2D eigenvalue weighted by molar-refractivity contribution is 7.91. The average molecular weight is 521 g/mol. The van der Waals surface area contributed by atoms with E-state index in [4.69, 9.17) is 4.74 Å². The fourth-order valence-corrected chi connectivity index (χ4v) is 6.47. The summed E-state index contributed by atoms with van der Waals surface area (Å²) in [4.78, 5) is 32.3. The number of alkyl halides is 2. The molecule has 36 heavy (non-hydrogen) atoms. The highest BCUT2D eigenvalue weighted by Gasteiger charge is 2.45. The zero-order chi connectivity index (χ0) is 26.5. The molecular weight excluding hydrogens is 490 g/mol. The number of fused-ring (bicyclic) bond motifs is 1. The Hall–Kier alpha value is -2.88. The van der Waals surface area contributed by atoms with E-state index in [-0.39, 0.29) is 41.2 Å². The maximum Gasteiger partial charge on any atom is 0.278 e. The van der Waals surface area contributed by atoms with E-state index in [0.29, 0.717) is 29.7 Å². The Morgan fingerprint density at radius 1 is 1.14 bits per heavy atom. The van der Waals surface area contributed by atoms with Crippen LogP contribution in [-0.4, -0.2) is 49.1 Å². The number of pyridine rings is 1. The van der Waals surface area contributed by atoms with Gasteiger partial charge in [-0.1, -0.05) is 6.92 Å². The predicted molar refractivity (Wildman–Crippen MR) is 132 cm³/mol. The Balaban J connectivity index is 1.60. The van der Waals surface area contributed by atoms with E-state index in [1.807, 2.05) is 6.92 Å². The number of rotatable bonds is 7. The van der Waals surface area contributed by atoms with Gasteiger partial charge in [0.2, 0.25) is 5.91 Å². The van der Waals surface area contributed by atoms with Crippen LogP contribution in [0.1, 0.15) is 62.9 Å². The van der Waals surface area contributed by atoms with Crippen LogP contribution in [0.25, 0.3) is 0 Å². The molecule has 0 bridgehead atoms. The highest BCUT2D eigenvalue weighted by atomic mass is 32.2. The summed E-state index contributed by atoms with van der Waals surface area (Å²) in [5.74, 6) is -2.80. The molecule has 7 nitrogen and oxygen atoms in total. The quantitative estimate of drug-likeness (QED) is 0.484. The van der Waals surface area contributed by atoms with E-state index >= 15 is 0 Å². The van der Waals surface area contributed by atoms with Crippen LogP contribution in [0.2, 0.25) is 0 Å². The van der Waals surface area contributed by atoms with Gasteiger partial charge in [-0.15, -0.1) is 0 Å². The van der Waals surface area contributed by atoms with E-state index in [0.717, 1.165) is 6.92 Å². The molecular formula is C26H30F2N2O5S. The zero-order valence-corrected chi connectivity index (χ0v) is 21.6. The van der Waals surface area contributed by atoms with E-state index in [1.54, 1.807) is 32.0 Å². The molecule has 1 fully saturated rings. The number of anilines is 2. The molecule has 0 unspecified atom stereocenters. The van der Waals surface area contributed by atoms with Gasteiger partial charge in [-0.25, -0.2) is 22.2 Å². The number of benzene rings is 1. The van der Waals surface area contributed by atoms with Crippen molar-refractivity contribution in [3.8, 4) is 5.75 Å². The van der Waals surface area contributed by atoms with Crippen LogP contribution in [0.4, 0.5) is 20.3 Å². The summed E-state index contributed by atoms with van der Waals surface area (Å²) in [6.45, 7) is 5.41. The van der Waals surface area contributed by atoms with E-state index in [9.17, 15) is 26.8 Å². The smallest absolute Gasteiger partial charge is 0.278 e. The average Bonchev–Trinajstić information content (AvgIpc) is 2.99. The van der Waals surface area contributed by atoms with Crippen molar-refractivity contribution in [2.75, 3.05) is 23.0 Å². The van der Waals surface area contributed by atoms with Gasteiger partial charge in [0.25, 0.3) is 5.92 Å². The summed E-state index contributed by atoms with van der Waals surface area (Å²) in [6.07, 6.45) is 2.50. The van der Waals surface area contributed by atoms with Gasteiger partial charge in [0.15, 0.2) is 12.4 Å². The van der Waals surface area contributed by atoms with Crippen LogP contribution in [0.3, 0.4) is 0 Å². The number of ether oxygens (including phenoxy) is 1. The number of aromatic nitrogens is 1. The van der Waals surface area contributed by atoms with Gasteiger partial charge in [0.1, 0.15) is 21.4 Å². The van der Waals surface area contributed by atoms with E-state index in [1.165, 1.54) is 23.2 Å². The summed E-state index contributed by atoms with van der Waals surface area (Å²) < 4.78 is 55.2. The Bertz CT molecular complexity index is 1300. The second kappa shape index (κ2) is 8.90. The fraction of sp³-hybridized carbons (Fsp3) is 0.500. The van der Waals surface area contributed by atoms with Crippen LogP contribution in [0.15, 0.2) is 36.5 Å². The van der Waals surface area contributed by atoms with Gasteiger partial charge in [-0.05, 0) is 61.9 Å². The summed E-state index contributed by atoms with van der Waals surface area (Å²) in [6, 6.07) is 7.95. The molecule has 4 rings (SSSR count). The highest BCUT2D eigenvalue weighted by Crippen LogP contribution is 2.46. The number of hydrogen-bond donors (Lipinski definition) is 0. The van der Waals surface area contributed by atoms with E-state index < -0.39 is 33.2 Å². The molecule has 0 aliphatic carbocycles. The first kappa shape index (κ1) is 26.2. The van der Waals surface area contributed by atoms with Crippen molar-refractivity contribution in [1.82, 2.24) is 4.98 Å². The van der Waals surface area contributed by atoms with Gasteiger partial charge in [-0.2, -0.15) is 0 Å². The van der Waals surface area contributed by atoms with Crippen molar-refractivity contribution < 1.29 is 31.5 Å². The fourth-order valence-electron chi connectivity index (χ4n) is 4.66. The molecule has 2 aromatic rings. The molecule has 1 amide bonds. The molecule has 1 saturated heterocycles. The molecule has 194 valence electrons. The molecule has 0 N–H and O–H groups in total. The minimum absolute atomic E-state index is 0.0864. The Morgan fingerprint density at radius 2 is 1.81 bits per heavy atom. The van der Waals surface area contributed by atoms with E-state index in [2.05, 4.69) is 4.98 Å². The summed E-state index contributed by atoms with van der Waals surface area (Å²) >= 11 is 0. The minimum atomic E-state index is -3.04. The maximum absolute atomic E-state index is 13.4. The first-order valence-corrected chi connectivity index (χ1v) is 13.6. The van der Waals surface area contributed by atoms with Crippen LogP contribution >= 0.6 is 0 Å². The van der Waals surface area contributed by atoms with Gasteiger partial charge >= 0.3 is 0 Å². The number of hydrogen-bond acceptors (Lipinski definition) is 6. The topological polar surface area (TPSA) is 93.6 Å². The zero-order valence-electron chi connectivity index (χ0n) is 20.8. The van der Waals surface area contributed by atoms with Crippen LogP contribution in [-0.2, 0) is 20.0 Å².